The van der Waals surface area contributed by atoms with Crippen LogP contribution < -0.4 is 10.5 Å². The Morgan fingerprint density at radius 1 is 1.44 bits per heavy atom. The van der Waals surface area contributed by atoms with Crippen LogP contribution in [0, 0.1) is 17.7 Å². The molecule has 3 unspecified atom stereocenters. The third-order valence-corrected chi connectivity index (χ3v) is 8.43. The van der Waals surface area contributed by atoms with E-state index in [4.69, 9.17) is 10.5 Å². The van der Waals surface area contributed by atoms with Gasteiger partial charge in [0, 0.05) is 47.4 Å². The number of ether oxygens (including phenoxy) is 1. The van der Waals surface area contributed by atoms with Gasteiger partial charge in [0.25, 0.3) is 0 Å². The van der Waals surface area contributed by atoms with Crippen molar-refractivity contribution in [2.45, 2.75) is 29.6 Å². The molecule has 0 spiro atoms. The molecule has 1 aliphatic heterocycles. The van der Waals surface area contributed by atoms with Crippen LogP contribution in [-0.4, -0.2) is 58.4 Å². The molecule has 0 amide bonds. The van der Waals surface area contributed by atoms with Crippen LogP contribution in [0.4, 0.5) is 4.39 Å². The average Bonchev–Trinajstić information content (AvgIpc) is 3.36. The van der Waals surface area contributed by atoms with Crippen LogP contribution in [0.1, 0.15) is 30.9 Å². The molecule has 7 nitrogen and oxygen atoms in total. The number of hydrogen-bond acceptors (Lipinski definition) is 8. The van der Waals surface area contributed by atoms with E-state index in [9.17, 15) is 14.3 Å². The van der Waals surface area contributed by atoms with E-state index in [-0.39, 0.29) is 5.92 Å². The number of carboxylic acid groups (broad SMARTS) is 1. The fourth-order valence-electron chi connectivity index (χ4n) is 4.65. The van der Waals surface area contributed by atoms with E-state index in [0.29, 0.717) is 41.6 Å². The average molecular weight is 505 g/mol. The number of aromatic nitrogens is 2. The van der Waals surface area contributed by atoms with Crippen LogP contribution in [0.5, 0.6) is 5.75 Å². The molecule has 3 N–H and O–H groups in total. The molecular formula is C24H29FN4O3S2. The lowest BCUT2D eigenvalue weighted by atomic mass is 9.81. The number of carbonyl (C=O) groups is 1. The van der Waals surface area contributed by atoms with Crippen LogP contribution in [-0.2, 0) is 4.79 Å². The Labute approximate surface area is 206 Å². The van der Waals surface area contributed by atoms with E-state index in [2.05, 4.69) is 14.9 Å². The summed E-state index contributed by atoms with van der Waals surface area (Å²) in [6, 6.07) is 4.76. The Balaban J connectivity index is 1.38. The van der Waals surface area contributed by atoms with Crippen molar-refractivity contribution in [1.82, 2.24) is 14.9 Å². The Morgan fingerprint density at radius 3 is 3.03 bits per heavy atom. The van der Waals surface area contributed by atoms with Crippen LogP contribution in [0.2, 0.25) is 0 Å². The van der Waals surface area contributed by atoms with Gasteiger partial charge in [-0.25, -0.2) is 9.37 Å². The second-order valence-corrected chi connectivity index (χ2v) is 10.8. The van der Waals surface area contributed by atoms with Gasteiger partial charge in [0.2, 0.25) is 0 Å². The normalized spacial score (nSPS) is 19.9. The standard InChI is InChI=1S/C24H29FN4O3S2/c1-32-16-3-5-21-17(12-16)22(19(25)13-28-21)20(26)4-2-15-6-8-29(14-18(15)23(30)31)9-11-34-24-27-7-10-33-24/h3,5,7,10,12-13,15,18,20H,2,4,6,8-9,11,14,26H2,1H3,(H,30,31). The number of thiazole rings is 1. The quantitative estimate of drug-likeness (QED) is 0.391. The number of aliphatic carboxylic acids is 1. The van der Waals surface area contributed by atoms with E-state index in [0.717, 1.165) is 29.6 Å². The van der Waals surface area contributed by atoms with Gasteiger partial charge < -0.3 is 20.5 Å². The minimum Gasteiger partial charge on any atom is -0.497 e. The monoisotopic (exact) mass is 504 g/mol. The number of methoxy groups -OCH3 is 1. The number of pyridine rings is 1. The predicted molar refractivity (Wildman–Crippen MR) is 133 cm³/mol. The smallest absolute Gasteiger partial charge is 0.308 e. The maximum atomic E-state index is 14.8. The Hall–Kier alpha value is -2.27. The highest BCUT2D eigenvalue weighted by atomic mass is 32.2. The number of carboxylic acids is 1. The number of nitrogens with two attached hydrogens (primary N) is 1. The van der Waals surface area contributed by atoms with Crippen molar-refractivity contribution in [3.05, 3.63) is 47.4 Å². The van der Waals surface area contributed by atoms with Gasteiger partial charge in [-0.1, -0.05) is 11.8 Å². The molecule has 2 aromatic heterocycles. The number of hydrogen-bond donors (Lipinski definition) is 2. The topological polar surface area (TPSA) is 102 Å². The highest BCUT2D eigenvalue weighted by Gasteiger charge is 2.34. The van der Waals surface area contributed by atoms with E-state index in [1.54, 1.807) is 54.6 Å². The van der Waals surface area contributed by atoms with Gasteiger partial charge in [-0.15, -0.1) is 11.3 Å². The number of rotatable bonds is 10. The molecule has 1 saturated heterocycles. The summed E-state index contributed by atoms with van der Waals surface area (Å²) in [6.45, 7) is 2.21. The van der Waals surface area contributed by atoms with Crippen molar-refractivity contribution in [1.29, 1.82) is 0 Å². The van der Waals surface area contributed by atoms with Crippen molar-refractivity contribution in [2.24, 2.45) is 17.6 Å². The Bertz CT molecular complexity index is 1120. The highest BCUT2D eigenvalue weighted by molar-refractivity contribution is 8.01. The molecule has 1 fully saturated rings. The Kier molecular flexibility index (Phi) is 8.36. The number of nitrogens with zero attached hydrogens (tertiary/aromatic N) is 3. The predicted octanol–water partition coefficient (Wildman–Crippen LogP) is 4.43. The molecule has 0 saturated carbocycles. The summed E-state index contributed by atoms with van der Waals surface area (Å²) in [5.41, 5.74) is 7.52. The molecule has 34 heavy (non-hydrogen) atoms. The third kappa shape index (κ3) is 5.86. The summed E-state index contributed by atoms with van der Waals surface area (Å²) in [7, 11) is 1.56. The molecule has 1 aliphatic rings. The van der Waals surface area contributed by atoms with Crippen LogP contribution >= 0.6 is 23.1 Å². The zero-order chi connectivity index (χ0) is 24.1. The number of thioether (sulfide) groups is 1. The number of likely N-dealkylation sites (tertiary alicyclic amines) is 1. The maximum absolute atomic E-state index is 14.8. The number of piperidine rings is 1. The molecule has 3 atom stereocenters. The molecule has 4 rings (SSSR count). The zero-order valence-electron chi connectivity index (χ0n) is 19.0. The minimum atomic E-state index is -0.777. The summed E-state index contributed by atoms with van der Waals surface area (Å²) < 4.78 is 21.1. The molecule has 182 valence electrons. The number of fused-ring (bicyclic) bond motifs is 1. The first-order valence-electron chi connectivity index (χ1n) is 11.3. The van der Waals surface area contributed by atoms with Gasteiger partial charge in [-0.2, -0.15) is 0 Å². The summed E-state index contributed by atoms with van der Waals surface area (Å²) in [4.78, 5) is 22.7. The molecule has 0 aliphatic carbocycles. The molecule has 10 heteroatoms. The fourth-order valence-corrected chi connectivity index (χ4v) is 6.36. The van der Waals surface area contributed by atoms with E-state index >= 15 is 0 Å². The number of benzene rings is 1. The van der Waals surface area contributed by atoms with E-state index in [1.165, 1.54) is 6.20 Å². The maximum Gasteiger partial charge on any atom is 0.308 e. The van der Waals surface area contributed by atoms with Crippen molar-refractivity contribution in [3.63, 3.8) is 0 Å². The fraction of sp³-hybridized carbons (Fsp3) is 0.458. The first-order valence-corrected chi connectivity index (χ1v) is 13.2. The lowest BCUT2D eigenvalue weighted by molar-refractivity contribution is -0.146. The van der Waals surface area contributed by atoms with Gasteiger partial charge in [-0.3, -0.25) is 9.78 Å². The summed E-state index contributed by atoms with van der Waals surface area (Å²) >= 11 is 3.32. The van der Waals surface area contributed by atoms with E-state index in [1.807, 2.05) is 5.38 Å². The van der Waals surface area contributed by atoms with Crippen molar-refractivity contribution < 1.29 is 19.0 Å². The van der Waals surface area contributed by atoms with Crippen molar-refractivity contribution >= 4 is 40.0 Å². The van der Waals surface area contributed by atoms with Gasteiger partial charge >= 0.3 is 5.97 Å². The van der Waals surface area contributed by atoms with Crippen LogP contribution in [0.15, 0.2) is 40.3 Å². The first-order chi connectivity index (χ1) is 16.5. The van der Waals surface area contributed by atoms with Crippen molar-refractivity contribution in [2.75, 3.05) is 32.5 Å². The summed E-state index contributed by atoms with van der Waals surface area (Å²) in [6.07, 6.45) is 4.92. The van der Waals surface area contributed by atoms with Crippen LogP contribution in [0.3, 0.4) is 0 Å². The zero-order valence-corrected chi connectivity index (χ0v) is 20.7. The molecule has 1 aromatic carbocycles. The highest BCUT2D eigenvalue weighted by Crippen LogP contribution is 2.34. The van der Waals surface area contributed by atoms with Gasteiger partial charge in [0.15, 0.2) is 0 Å². The minimum absolute atomic E-state index is 0.0112. The molecule has 3 heterocycles. The summed E-state index contributed by atoms with van der Waals surface area (Å²) in [5, 5.41) is 12.5. The third-order valence-electron chi connectivity index (χ3n) is 6.49. The van der Waals surface area contributed by atoms with Crippen molar-refractivity contribution in [3.8, 4) is 5.75 Å². The Morgan fingerprint density at radius 2 is 2.29 bits per heavy atom. The summed E-state index contributed by atoms with van der Waals surface area (Å²) in [5.74, 6) is -0.175. The van der Waals surface area contributed by atoms with Gasteiger partial charge in [-0.05, 0) is 49.9 Å². The molecule has 3 aromatic rings. The first kappa shape index (κ1) is 24.8. The second-order valence-electron chi connectivity index (χ2n) is 8.53. The lowest BCUT2D eigenvalue weighted by Crippen LogP contribution is -2.44. The largest absolute Gasteiger partial charge is 0.497 e. The van der Waals surface area contributed by atoms with Gasteiger partial charge in [0.05, 0.1) is 24.7 Å². The van der Waals surface area contributed by atoms with E-state index < -0.39 is 23.7 Å². The van der Waals surface area contributed by atoms with Gasteiger partial charge in [0.1, 0.15) is 15.9 Å². The second kappa shape index (κ2) is 11.4. The SMILES string of the molecule is COc1ccc2ncc(F)c(C(N)CCC3CCN(CCSc4nccs4)CC3C(=O)O)c2c1. The molecular weight excluding hydrogens is 475 g/mol. The molecule has 0 bridgehead atoms. The molecule has 0 radical (unpaired) electrons. The number of halogens is 1. The van der Waals surface area contributed by atoms with Crippen LogP contribution in [0.25, 0.3) is 10.9 Å². The lowest BCUT2D eigenvalue weighted by Gasteiger charge is -2.37.